The van der Waals surface area contributed by atoms with E-state index in [1.807, 2.05) is 56.6 Å². The highest BCUT2D eigenvalue weighted by Crippen LogP contribution is 2.39. The van der Waals surface area contributed by atoms with E-state index < -0.39 is 168 Å². The number of nitrogens with zero attached hydrogens (tertiary/aromatic N) is 4. The van der Waals surface area contributed by atoms with Gasteiger partial charge in [-0.1, -0.05) is 114 Å². The number of ether oxygens (including phenoxy) is 8. The molecular weight excluding hydrogens is 1820 g/mol. The van der Waals surface area contributed by atoms with Crippen molar-refractivity contribution in [3.05, 3.63) is 94.8 Å². The third-order valence-electron chi connectivity index (χ3n) is 23.3. The van der Waals surface area contributed by atoms with Crippen molar-refractivity contribution in [2.45, 2.75) is 231 Å². The topological polar surface area (TPSA) is 598 Å². The zero-order valence-electron chi connectivity index (χ0n) is 77.3. The number of hydrazine groups is 1. The number of carbonyl (C=O) groups excluding carboxylic acids is 12. The second-order valence-corrected chi connectivity index (χ2v) is 39.0. The molecule has 18 atom stereocenters. The number of piperidine rings is 1. The number of aliphatic carboxylic acids is 2. The predicted molar refractivity (Wildman–Crippen MR) is 499 cm³/mol. The van der Waals surface area contributed by atoms with E-state index in [4.69, 9.17) is 49.0 Å². The first-order valence-electron chi connectivity index (χ1n) is 44.6. The van der Waals surface area contributed by atoms with Gasteiger partial charge >= 0.3 is 30.1 Å². The molecular formula is C89H129N15O26S4. The van der Waals surface area contributed by atoms with Crippen molar-refractivity contribution < 1.29 is 125 Å². The van der Waals surface area contributed by atoms with Crippen LogP contribution in [0, 0.1) is 40.9 Å². The molecule has 1 aromatic carbocycles. The predicted octanol–water partition coefficient (Wildman–Crippen LogP) is 6.04. The van der Waals surface area contributed by atoms with Crippen LogP contribution < -0.4 is 54.0 Å². The van der Waals surface area contributed by atoms with Crippen LogP contribution in [0.3, 0.4) is 0 Å². The summed E-state index contributed by atoms with van der Waals surface area (Å²) in [7, 11) is 9.26. The number of aromatic nitrogens is 4. The summed E-state index contributed by atoms with van der Waals surface area (Å²) in [5.74, 6) is -14.6. The van der Waals surface area contributed by atoms with Crippen molar-refractivity contribution in [1.29, 1.82) is 5.41 Å². The van der Waals surface area contributed by atoms with E-state index in [0.29, 0.717) is 86.2 Å². The number of esters is 1. The molecule has 45 heteroatoms. The number of anilines is 2. The van der Waals surface area contributed by atoms with Gasteiger partial charge < -0.3 is 106 Å². The maximum Gasteiger partial charge on any atom is 0.426 e. The zero-order valence-corrected chi connectivity index (χ0v) is 80.6. The summed E-state index contributed by atoms with van der Waals surface area (Å²) in [6.45, 7) is 13.4. The van der Waals surface area contributed by atoms with E-state index in [0.717, 1.165) is 39.0 Å². The molecule has 1 saturated carbocycles. The van der Waals surface area contributed by atoms with Gasteiger partial charge in [0.2, 0.25) is 35.4 Å². The molecule has 16 N–H and O–H groups in total. The summed E-state index contributed by atoms with van der Waals surface area (Å²) in [5.41, 5.74) is 12.4. The smallest absolute Gasteiger partial charge is 0.426 e. The van der Waals surface area contributed by atoms with E-state index in [2.05, 4.69) is 57.3 Å². The maximum atomic E-state index is 14.8. The summed E-state index contributed by atoms with van der Waals surface area (Å²) in [6.07, 6.45) is 8.87. The van der Waals surface area contributed by atoms with Crippen LogP contribution in [0.1, 0.15) is 168 Å². The average molecular weight is 1950 g/mol. The average Bonchev–Trinajstić information content (AvgIpc) is 0.762. The number of aromatic amines is 1. The van der Waals surface area contributed by atoms with E-state index >= 15 is 0 Å². The molecule has 2 aromatic heterocycles. The quantitative estimate of drug-likeness (QED) is 0.00591. The van der Waals surface area contributed by atoms with Crippen molar-refractivity contribution in [1.82, 2.24) is 62.3 Å². The Hall–Kier alpha value is -10.1. The fourth-order valence-corrected chi connectivity index (χ4v) is 19.6. The summed E-state index contributed by atoms with van der Waals surface area (Å²) < 4.78 is 46.7. The van der Waals surface area contributed by atoms with Crippen LogP contribution in [0.2, 0.25) is 0 Å². The Bertz CT molecular complexity index is 4700. The van der Waals surface area contributed by atoms with Crippen LogP contribution in [-0.2, 0) is 97.2 Å². The van der Waals surface area contributed by atoms with Crippen LogP contribution in [0.4, 0.5) is 21.2 Å². The fourth-order valence-electron chi connectivity index (χ4n) is 15.7. The number of fused-ring (bicyclic) bond motifs is 4. The number of cyclic esters (lactones) is 1. The molecule has 740 valence electrons. The molecule has 5 heterocycles. The number of amides is 8. The highest BCUT2D eigenvalue weighted by atomic mass is 33.1. The lowest BCUT2D eigenvalue weighted by Gasteiger charge is -2.42. The molecule has 4 aliphatic rings. The van der Waals surface area contributed by atoms with Gasteiger partial charge in [-0.25, -0.2) is 39.4 Å². The highest BCUT2D eigenvalue weighted by molar-refractivity contribution is 8.77. The number of benzene rings is 1. The summed E-state index contributed by atoms with van der Waals surface area (Å²) in [6, 6.07) is 0.517. The molecule has 0 radical (unpaired) electrons. The number of nitrogens with one attached hydrogen (secondary N) is 10. The van der Waals surface area contributed by atoms with E-state index in [1.165, 1.54) is 47.0 Å². The van der Waals surface area contributed by atoms with Crippen LogP contribution in [0.5, 0.6) is 0 Å². The number of methoxy groups -OCH3 is 3. The van der Waals surface area contributed by atoms with Gasteiger partial charge in [0, 0.05) is 126 Å². The molecule has 3 fully saturated rings. The molecule has 3 aliphatic heterocycles. The maximum absolute atomic E-state index is 14.8. The Morgan fingerprint density at radius 2 is 1.47 bits per heavy atom. The second kappa shape index (κ2) is 56.4. The van der Waals surface area contributed by atoms with Crippen LogP contribution in [0.15, 0.2) is 78.1 Å². The number of nitrogen functional groups attached to an aromatic ring is 1. The number of hydrogen-bond donors (Lipinski definition) is 15. The van der Waals surface area contributed by atoms with Crippen molar-refractivity contribution in [2.24, 2.45) is 35.5 Å². The largest absolute Gasteiger partial charge is 0.480 e. The normalized spacial score (nSPS) is 25.9. The van der Waals surface area contributed by atoms with Crippen molar-refractivity contribution >= 4 is 149 Å². The number of nitrogens with two attached hydrogens (primary N) is 1. The molecule has 134 heavy (non-hydrogen) atoms. The summed E-state index contributed by atoms with van der Waals surface area (Å²) in [4.78, 5) is 202. The third-order valence-corrected chi connectivity index (χ3v) is 28.1. The monoisotopic (exact) mass is 1950 g/mol. The van der Waals surface area contributed by atoms with Gasteiger partial charge in [-0.2, -0.15) is 4.98 Å². The van der Waals surface area contributed by atoms with E-state index in [-0.39, 0.29) is 147 Å². The second-order valence-electron chi connectivity index (χ2n) is 33.6. The number of aliphatic hydroxyl groups is 2. The van der Waals surface area contributed by atoms with Gasteiger partial charge in [-0.05, 0) is 138 Å². The van der Waals surface area contributed by atoms with Crippen molar-refractivity contribution in [2.75, 3.05) is 94.8 Å². The number of ketones is 3. The van der Waals surface area contributed by atoms with Crippen LogP contribution >= 0.6 is 43.2 Å². The minimum absolute atomic E-state index is 0.00468. The van der Waals surface area contributed by atoms with Crippen LogP contribution in [0.25, 0.3) is 11.2 Å². The lowest BCUT2D eigenvalue weighted by molar-refractivity contribution is -0.265. The number of carboxylic acid groups (broad SMARTS) is 2. The van der Waals surface area contributed by atoms with Crippen molar-refractivity contribution in [3.8, 4) is 0 Å². The molecule has 7 rings (SSSR count). The van der Waals surface area contributed by atoms with E-state index in [9.17, 15) is 87.5 Å². The molecule has 1 aliphatic carbocycles. The number of aliphatic hydroxyl groups excluding tert-OH is 1. The number of rotatable bonds is 38. The number of Topliss-reactive ketones (excluding diaryl/α,β-unsaturated/α-hetero) is 3. The first-order valence-corrected chi connectivity index (χ1v) is 49.5. The first-order chi connectivity index (χ1) is 63.8. The number of carboxylic acids is 2. The lowest BCUT2D eigenvalue weighted by atomic mass is 9.78. The molecule has 0 unspecified atom stereocenters. The summed E-state index contributed by atoms with van der Waals surface area (Å²) in [5, 5.41) is 67.0. The Morgan fingerprint density at radius 1 is 0.746 bits per heavy atom. The molecule has 41 nitrogen and oxygen atoms in total. The third kappa shape index (κ3) is 35.9. The number of carbonyl (C=O) groups is 14. The lowest BCUT2D eigenvalue weighted by Crippen LogP contribution is -2.61. The molecule has 3 aromatic rings. The van der Waals surface area contributed by atoms with Gasteiger partial charge in [0.05, 0.1) is 49.5 Å². The Morgan fingerprint density at radius 3 is 2.18 bits per heavy atom. The van der Waals surface area contributed by atoms with Crippen molar-refractivity contribution in [3.63, 3.8) is 0 Å². The molecule has 2 bridgehead atoms. The Labute approximate surface area is 793 Å². The molecule has 8 amide bonds. The minimum Gasteiger partial charge on any atom is -0.480 e. The molecule has 0 spiro atoms. The molecule has 2 saturated heterocycles. The number of hydrogen-bond acceptors (Lipinski definition) is 34. The summed E-state index contributed by atoms with van der Waals surface area (Å²) >= 11 is 0. The van der Waals surface area contributed by atoms with Crippen LogP contribution in [-0.4, -0.2) is 285 Å². The van der Waals surface area contributed by atoms with Gasteiger partial charge in [0.25, 0.3) is 17.6 Å². The fraction of sp³-hybridized carbons (Fsp3) is 0.618. The van der Waals surface area contributed by atoms with E-state index in [1.54, 1.807) is 60.1 Å². The Balaban J connectivity index is 0.783. The van der Waals surface area contributed by atoms with Gasteiger partial charge in [-0.15, -0.1) is 0 Å². The van der Waals surface area contributed by atoms with Gasteiger partial charge in [0.1, 0.15) is 61.5 Å². The zero-order chi connectivity index (χ0) is 98.3. The first kappa shape index (κ1) is 111. The number of H-pyrrole nitrogens is 1. The standard InChI is InChI=1S/C89H129N15O26S4/c1-49-17-13-12-14-18-50(2)68(123-9)43-61-26-20-55(7)89(122,130-61)77(111)82(114)104-32-16-15-19-65(104)85(119)129-69(44-66(106)51(3)40-54(6)75(110)76(125-11)74(109)53(5)39-49)52(4)41-57-21-28-67(70(42-57)124-10)126-33-34-127-87(120)92-31-37-132-131-36-30-71(107)94-47-63(96-56(8)105)81(113)99-64(84(117)118)48-134-133-38-35-128-88(121)103-102-72(108)29-27-62(83(115)116)98-80(112)58-22-24-59(25-23-58)93-45-60-46-95-79-73(97-60)78(90)100-86(91)101-79/h12-14,17-18,22-25,40,46,49,51-53,55,57,61-65,67-70,75-76,93,110,122H,15-16,19-21,26-39,41-45,47-48H2,1-11H3,(H,92,120)(H,94,107)(H,96,105)(H,98,112)(H,99,113)(H,102,108)(H,103,121)(H,115,116)(H,117,118)(H4,90,91,95,100,101)/b14-12+,17-13+,50-18+,54-40+/t49-,51-,52-,53-,55-,57+,61+,62+,63+,64+,65+,67-,68+,69+,70-,75-,76+,89-/m1/s1. The number of alkyl carbamates (subject to hydrolysis) is 1. The van der Waals surface area contributed by atoms with Gasteiger partial charge in [0.15, 0.2) is 22.4 Å². The number of allylic oxidation sites excluding steroid dienone is 6. The minimum atomic E-state index is -2.51. The Kier molecular flexibility index (Phi) is 46.7. The van der Waals surface area contributed by atoms with Gasteiger partial charge in [-0.3, -0.25) is 54.0 Å². The SMILES string of the molecule is CO[C@H]1C[C@@H]2CC[C@@H](C)[C@@](O)(O2)C(=O)C(=O)N2CCCC[C@H]2C(=O)O[C@H]([C@H](C)C[C@@H]2CC[C@@H](OCCOC(=O)NCCSSCCC(=O)NC[C@H](NC(C)=O)C(=O)N[C@@H](CSSCCOC(=O)NNC(=O)CC[C@H](NC(=O)c3ccc(NCc4cnc5nc(N)[nH]c(=N)c5n4)cc3)C(=O)O)C(=O)O)[C@H](OC)C2)CC(=O)[C@H](C)/C=C(\C)[C@@H](O)[C@@H](OC)C(=O)[C@H](C)C[C@H](C)/C=C/C=C/C=C/1C. The highest BCUT2D eigenvalue weighted by Gasteiger charge is 2.53.